The van der Waals surface area contributed by atoms with Crippen molar-refractivity contribution in [2.45, 2.75) is 31.7 Å². The molecule has 1 aliphatic rings. The molecule has 0 saturated carbocycles. The van der Waals surface area contributed by atoms with Gasteiger partial charge in [0.2, 0.25) is 5.91 Å². The van der Waals surface area contributed by atoms with E-state index < -0.39 is 11.6 Å². The highest BCUT2D eigenvalue weighted by Crippen LogP contribution is 2.32. The Kier molecular flexibility index (Phi) is 5.31. The highest BCUT2D eigenvalue weighted by Gasteiger charge is 2.30. The van der Waals surface area contributed by atoms with Crippen molar-refractivity contribution in [2.75, 3.05) is 13.2 Å². The lowest BCUT2D eigenvalue weighted by molar-refractivity contribution is -0.132. The van der Waals surface area contributed by atoms with Gasteiger partial charge in [-0.25, -0.2) is 8.78 Å². The minimum Gasteiger partial charge on any atom is -0.491 e. The van der Waals surface area contributed by atoms with Crippen molar-refractivity contribution in [3.05, 3.63) is 47.8 Å². The summed E-state index contributed by atoms with van der Waals surface area (Å²) in [5, 5.41) is 4.17. The van der Waals surface area contributed by atoms with Gasteiger partial charge in [-0.15, -0.1) is 0 Å². The zero-order valence-electron chi connectivity index (χ0n) is 14.1. The fraction of sp³-hybridized carbons (Fsp3) is 0.444. The summed E-state index contributed by atoms with van der Waals surface area (Å²) in [6, 6.07) is 3.26. The smallest absolute Gasteiger partial charge is 0.223 e. The molecule has 3 rings (SSSR count). The maximum atomic E-state index is 13.5. The summed E-state index contributed by atoms with van der Waals surface area (Å²) < 4.78 is 33.3. The Morgan fingerprint density at radius 3 is 2.96 bits per heavy atom. The molecular formula is C18H21F2N3O2. The van der Waals surface area contributed by atoms with Crippen LogP contribution in [0.5, 0.6) is 5.75 Å². The molecule has 1 aromatic heterocycles. The predicted octanol–water partition coefficient (Wildman–Crippen LogP) is 3.22. The molecule has 0 radical (unpaired) electrons. The summed E-state index contributed by atoms with van der Waals surface area (Å²) in [5.41, 5.74) is 1.05. The molecule has 1 fully saturated rings. The van der Waals surface area contributed by atoms with Gasteiger partial charge in [0.1, 0.15) is 5.82 Å². The number of halogens is 2. The number of aryl methyl sites for hydroxylation is 1. The summed E-state index contributed by atoms with van der Waals surface area (Å²) in [6.45, 7) is 0.950. The van der Waals surface area contributed by atoms with Crippen molar-refractivity contribution in [3.63, 3.8) is 0 Å². The Morgan fingerprint density at radius 1 is 1.40 bits per heavy atom. The molecule has 134 valence electrons. The number of amides is 1. The van der Waals surface area contributed by atoms with Gasteiger partial charge in [-0.1, -0.05) is 0 Å². The number of nitrogens with zero attached hydrogens (tertiary/aromatic N) is 3. The van der Waals surface area contributed by atoms with Crippen LogP contribution in [-0.4, -0.2) is 33.7 Å². The van der Waals surface area contributed by atoms with Crippen molar-refractivity contribution in [1.29, 1.82) is 0 Å². The average molecular weight is 349 g/mol. The molecular weight excluding hydrogens is 328 g/mol. The van der Waals surface area contributed by atoms with Gasteiger partial charge in [0.25, 0.3) is 0 Å². The number of ether oxygens (including phenoxy) is 1. The average Bonchev–Trinajstić information content (AvgIpc) is 3.21. The van der Waals surface area contributed by atoms with Crippen LogP contribution in [0.15, 0.2) is 30.6 Å². The number of aromatic nitrogens is 2. The van der Waals surface area contributed by atoms with E-state index in [2.05, 4.69) is 5.10 Å². The van der Waals surface area contributed by atoms with Gasteiger partial charge in [0.15, 0.2) is 11.6 Å². The minimum absolute atomic E-state index is 0.00302. The Balaban J connectivity index is 1.48. The van der Waals surface area contributed by atoms with Crippen molar-refractivity contribution >= 4 is 5.91 Å². The first-order chi connectivity index (χ1) is 12.0. The Hall–Kier alpha value is -2.44. The number of hydrogen-bond acceptors (Lipinski definition) is 3. The molecule has 0 unspecified atom stereocenters. The lowest BCUT2D eigenvalue weighted by Crippen LogP contribution is -2.30. The van der Waals surface area contributed by atoms with Gasteiger partial charge in [-0.05, 0) is 31.4 Å². The first-order valence-corrected chi connectivity index (χ1v) is 8.40. The van der Waals surface area contributed by atoms with Gasteiger partial charge >= 0.3 is 0 Å². The Bertz CT molecular complexity index is 748. The number of carbonyl (C=O) groups excluding carboxylic acids is 1. The van der Waals surface area contributed by atoms with Crippen LogP contribution in [0.25, 0.3) is 0 Å². The van der Waals surface area contributed by atoms with E-state index in [1.165, 1.54) is 6.07 Å². The van der Waals surface area contributed by atoms with Crippen LogP contribution < -0.4 is 4.74 Å². The van der Waals surface area contributed by atoms with Crippen LogP contribution in [0, 0.1) is 11.6 Å². The first kappa shape index (κ1) is 17.4. The summed E-state index contributed by atoms with van der Waals surface area (Å²) in [7, 11) is 1.86. The number of likely N-dealkylation sites (tertiary alicyclic amines) is 1. The molecule has 5 nitrogen and oxygen atoms in total. The fourth-order valence-electron chi connectivity index (χ4n) is 3.17. The SMILES string of the molecule is Cn1cc([C@H]2CCCN2C(=O)CCCOc2ccc(F)cc2F)cn1. The second-order valence-electron chi connectivity index (χ2n) is 6.22. The quantitative estimate of drug-likeness (QED) is 0.753. The van der Waals surface area contributed by atoms with E-state index >= 15 is 0 Å². The Labute approximate surface area is 145 Å². The summed E-state index contributed by atoms with van der Waals surface area (Å²) >= 11 is 0. The van der Waals surface area contributed by atoms with Gasteiger partial charge in [-0.2, -0.15) is 5.10 Å². The van der Waals surface area contributed by atoms with Crippen molar-refractivity contribution in [1.82, 2.24) is 14.7 Å². The van der Waals surface area contributed by atoms with E-state index in [9.17, 15) is 13.6 Å². The van der Waals surface area contributed by atoms with Crippen molar-refractivity contribution in [3.8, 4) is 5.75 Å². The predicted molar refractivity (Wildman–Crippen MR) is 88.0 cm³/mol. The van der Waals surface area contributed by atoms with Crippen LogP contribution in [0.4, 0.5) is 8.78 Å². The fourth-order valence-corrected chi connectivity index (χ4v) is 3.17. The van der Waals surface area contributed by atoms with E-state index in [4.69, 9.17) is 4.74 Å². The molecule has 0 spiro atoms. The monoisotopic (exact) mass is 349 g/mol. The van der Waals surface area contributed by atoms with E-state index in [-0.39, 0.29) is 24.3 Å². The second-order valence-corrected chi connectivity index (χ2v) is 6.22. The topological polar surface area (TPSA) is 47.4 Å². The molecule has 1 aliphatic heterocycles. The highest BCUT2D eigenvalue weighted by molar-refractivity contribution is 5.77. The number of carbonyl (C=O) groups is 1. The van der Waals surface area contributed by atoms with Crippen LogP contribution in [0.2, 0.25) is 0 Å². The standard InChI is InChI=1S/C18H21F2N3O2/c1-22-12-13(11-21-22)16-4-2-8-23(16)18(24)5-3-9-25-17-7-6-14(19)10-15(17)20/h6-7,10-12,16H,2-5,8-9H2,1H3/t16-/m1/s1. The zero-order chi connectivity index (χ0) is 17.8. The van der Waals surface area contributed by atoms with Crippen LogP contribution in [0.1, 0.15) is 37.3 Å². The lowest BCUT2D eigenvalue weighted by Gasteiger charge is -2.24. The molecule has 0 bridgehead atoms. The third-order valence-corrected chi connectivity index (χ3v) is 4.37. The third-order valence-electron chi connectivity index (χ3n) is 4.37. The molecule has 0 aliphatic carbocycles. The summed E-state index contributed by atoms with van der Waals surface area (Å²) in [6.07, 6.45) is 6.47. The second kappa shape index (κ2) is 7.63. The molecule has 1 aromatic carbocycles. The normalized spacial score (nSPS) is 17.1. The first-order valence-electron chi connectivity index (χ1n) is 8.40. The molecule has 1 saturated heterocycles. The maximum absolute atomic E-state index is 13.5. The van der Waals surface area contributed by atoms with Gasteiger partial charge in [0.05, 0.1) is 18.8 Å². The largest absolute Gasteiger partial charge is 0.491 e. The number of hydrogen-bond donors (Lipinski definition) is 0. The summed E-state index contributed by atoms with van der Waals surface area (Å²) in [4.78, 5) is 14.4. The zero-order valence-corrected chi connectivity index (χ0v) is 14.1. The van der Waals surface area contributed by atoms with Gasteiger partial charge in [-0.3, -0.25) is 9.48 Å². The molecule has 2 aromatic rings. The Morgan fingerprint density at radius 2 is 2.24 bits per heavy atom. The van der Waals surface area contributed by atoms with Crippen molar-refractivity contribution < 1.29 is 18.3 Å². The molecule has 1 atom stereocenters. The maximum Gasteiger partial charge on any atom is 0.223 e. The van der Waals surface area contributed by atoms with Crippen LogP contribution in [0.3, 0.4) is 0 Å². The highest BCUT2D eigenvalue weighted by atomic mass is 19.1. The molecule has 7 heteroatoms. The van der Waals surface area contributed by atoms with E-state index in [0.29, 0.717) is 12.8 Å². The molecule has 1 amide bonds. The molecule has 25 heavy (non-hydrogen) atoms. The lowest BCUT2D eigenvalue weighted by atomic mass is 10.1. The van der Waals surface area contributed by atoms with E-state index in [0.717, 1.165) is 37.1 Å². The molecule has 0 N–H and O–H groups in total. The number of rotatable bonds is 6. The number of benzene rings is 1. The van der Waals surface area contributed by atoms with Crippen molar-refractivity contribution in [2.24, 2.45) is 7.05 Å². The summed E-state index contributed by atoms with van der Waals surface area (Å²) in [5.74, 6) is -1.31. The van der Waals surface area contributed by atoms with Crippen LogP contribution >= 0.6 is 0 Å². The van der Waals surface area contributed by atoms with E-state index in [1.807, 2.05) is 18.1 Å². The van der Waals surface area contributed by atoms with E-state index in [1.54, 1.807) is 10.9 Å². The molecule has 2 heterocycles. The van der Waals surface area contributed by atoms with Gasteiger partial charge < -0.3 is 9.64 Å². The third kappa shape index (κ3) is 4.15. The van der Waals surface area contributed by atoms with Gasteiger partial charge in [0, 0.05) is 37.8 Å². The van der Waals surface area contributed by atoms with Crippen LogP contribution in [-0.2, 0) is 11.8 Å². The minimum atomic E-state index is -0.734.